The van der Waals surface area contributed by atoms with Crippen molar-refractivity contribution in [3.05, 3.63) is 71.3 Å². The number of carbonyl (C=O) groups is 1. The molecule has 1 N–H and O–H groups in total. The van der Waals surface area contributed by atoms with E-state index < -0.39 is 0 Å². The molecule has 1 aliphatic carbocycles. The molecule has 0 spiro atoms. The zero-order valence-corrected chi connectivity index (χ0v) is 14.5. The molecule has 3 rings (SSSR count). The van der Waals surface area contributed by atoms with Gasteiger partial charge in [0, 0.05) is 6.04 Å². The SMILES string of the molecule is C[C@@H](NC(=O)CN(C)[C@@H]1CCCc2ccccc21)c1ccccc1. The Morgan fingerprint density at radius 1 is 1.17 bits per heavy atom. The Kier molecular flexibility index (Phi) is 5.31. The average molecular weight is 322 g/mol. The van der Waals surface area contributed by atoms with Crippen molar-refractivity contribution in [3.8, 4) is 0 Å². The highest BCUT2D eigenvalue weighted by molar-refractivity contribution is 5.78. The van der Waals surface area contributed by atoms with Crippen LogP contribution >= 0.6 is 0 Å². The lowest BCUT2D eigenvalue weighted by atomic mass is 9.87. The summed E-state index contributed by atoms with van der Waals surface area (Å²) in [6, 6.07) is 19.1. The van der Waals surface area contributed by atoms with Gasteiger partial charge in [-0.05, 0) is 49.9 Å². The van der Waals surface area contributed by atoms with Crippen LogP contribution in [0.1, 0.15) is 48.5 Å². The van der Waals surface area contributed by atoms with E-state index in [1.807, 2.05) is 37.3 Å². The van der Waals surface area contributed by atoms with Crippen LogP contribution in [0.2, 0.25) is 0 Å². The molecule has 0 saturated carbocycles. The molecular weight excluding hydrogens is 296 g/mol. The quantitative estimate of drug-likeness (QED) is 0.906. The van der Waals surface area contributed by atoms with Crippen molar-refractivity contribution in [2.45, 2.75) is 38.3 Å². The third-order valence-electron chi connectivity index (χ3n) is 4.94. The molecule has 0 saturated heterocycles. The van der Waals surface area contributed by atoms with Gasteiger partial charge in [-0.25, -0.2) is 0 Å². The molecule has 2 atom stereocenters. The minimum absolute atomic E-state index is 0.0331. The van der Waals surface area contributed by atoms with E-state index in [1.165, 1.54) is 17.5 Å². The number of benzene rings is 2. The van der Waals surface area contributed by atoms with Gasteiger partial charge < -0.3 is 5.32 Å². The Morgan fingerprint density at radius 2 is 1.88 bits per heavy atom. The molecule has 3 heteroatoms. The first kappa shape index (κ1) is 16.7. The molecule has 1 amide bonds. The number of nitrogens with zero attached hydrogens (tertiary/aromatic N) is 1. The second-order valence-electron chi connectivity index (χ2n) is 6.72. The van der Waals surface area contributed by atoms with Gasteiger partial charge in [0.05, 0.1) is 12.6 Å². The fourth-order valence-corrected chi connectivity index (χ4v) is 3.64. The summed E-state index contributed by atoms with van der Waals surface area (Å²) in [5.41, 5.74) is 3.95. The Hall–Kier alpha value is -2.13. The van der Waals surface area contributed by atoms with Crippen LogP contribution in [0.4, 0.5) is 0 Å². The molecule has 24 heavy (non-hydrogen) atoms. The number of rotatable bonds is 5. The van der Waals surface area contributed by atoms with Crippen molar-refractivity contribution in [3.63, 3.8) is 0 Å². The number of aryl methyl sites for hydroxylation is 1. The summed E-state index contributed by atoms with van der Waals surface area (Å²) in [6.45, 7) is 2.46. The molecule has 0 bridgehead atoms. The van der Waals surface area contributed by atoms with E-state index in [1.54, 1.807) is 0 Å². The molecular formula is C21H26N2O. The lowest BCUT2D eigenvalue weighted by Crippen LogP contribution is -2.39. The van der Waals surface area contributed by atoms with Gasteiger partial charge in [0.1, 0.15) is 0 Å². The highest BCUT2D eigenvalue weighted by Crippen LogP contribution is 2.33. The van der Waals surface area contributed by atoms with Crippen LogP contribution in [0.5, 0.6) is 0 Å². The van der Waals surface area contributed by atoms with Gasteiger partial charge in [-0.1, -0.05) is 54.6 Å². The summed E-state index contributed by atoms with van der Waals surface area (Å²) >= 11 is 0. The topological polar surface area (TPSA) is 32.3 Å². The van der Waals surface area contributed by atoms with Crippen LogP contribution < -0.4 is 5.32 Å². The van der Waals surface area contributed by atoms with Gasteiger partial charge >= 0.3 is 0 Å². The van der Waals surface area contributed by atoms with Crippen LogP contribution in [0, 0.1) is 0 Å². The van der Waals surface area contributed by atoms with E-state index >= 15 is 0 Å². The van der Waals surface area contributed by atoms with Crippen LogP contribution in [-0.2, 0) is 11.2 Å². The van der Waals surface area contributed by atoms with Gasteiger partial charge in [0.15, 0.2) is 0 Å². The minimum Gasteiger partial charge on any atom is -0.348 e. The normalized spacial score (nSPS) is 18.0. The molecule has 3 nitrogen and oxygen atoms in total. The first-order chi connectivity index (χ1) is 11.6. The number of hydrogen-bond donors (Lipinski definition) is 1. The Bertz CT molecular complexity index is 683. The number of hydrogen-bond acceptors (Lipinski definition) is 2. The van der Waals surface area contributed by atoms with Gasteiger partial charge in [0.25, 0.3) is 0 Å². The lowest BCUT2D eigenvalue weighted by Gasteiger charge is -2.33. The molecule has 0 fully saturated rings. The number of nitrogens with one attached hydrogen (secondary N) is 1. The van der Waals surface area contributed by atoms with Crippen LogP contribution in [0.25, 0.3) is 0 Å². The van der Waals surface area contributed by atoms with Crippen molar-refractivity contribution in [2.24, 2.45) is 0 Å². The maximum atomic E-state index is 12.4. The maximum absolute atomic E-state index is 12.4. The van der Waals surface area contributed by atoms with Crippen LogP contribution in [0.15, 0.2) is 54.6 Å². The molecule has 2 aromatic rings. The summed E-state index contributed by atoms with van der Waals surface area (Å²) in [7, 11) is 2.06. The predicted molar refractivity (Wildman–Crippen MR) is 97.8 cm³/mol. The number of carbonyl (C=O) groups excluding carboxylic acids is 1. The lowest BCUT2D eigenvalue weighted by molar-refractivity contribution is -0.123. The summed E-state index contributed by atoms with van der Waals surface area (Å²) in [5, 5.41) is 3.11. The molecule has 0 aromatic heterocycles. The van der Waals surface area contributed by atoms with Gasteiger partial charge in [-0.15, -0.1) is 0 Å². The second-order valence-corrected chi connectivity index (χ2v) is 6.72. The van der Waals surface area contributed by atoms with E-state index in [0.717, 1.165) is 18.4 Å². The highest BCUT2D eigenvalue weighted by Gasteiger charge is 2.24. The zero-order valence-electron chi connectivity index (χ0n) is 14.5. The van der Waals surface area contributed by atoms with Crippen LogP contribution in [0.3, 0.4) is 0 Å². The fourth-order valence-electron chi connectivity index (χ4n) is 3.64. The van der Waals surface area contributed by atoms with Crippen molar-refractivity contribution < 1.29 is 4.79 Å². The Morgan fingerprint density at radius 3 is 2.67 bits per heavy atom. The van der Waals surface area contributed by atoms with Gasteiger partial charge in [-0.3, -0.25) is 9.69 Å². The molecule has 0 radical (unpaired) electrons. The molecule has 0 heterocycles. The molecule has 2 aromatic carbocycles. The van der Waals surface area contributed by atoms with E-state index in [-0.39, 0.29) is 11.9 Å². The zero-order chi connectivity index (χ0) is 16.9. The van der Waals surface area contributed by atoms with E-state index in [4.69, 9.17) is 0 Å². The predicted octanol–water partition coefficient (Wildman–Crippen LogP) is 3.87. The van der Waals surface area contributed by atoms with Crippen molar-refractivity contribution >= 4 is 5.91 Å². The first-order valence-electron chi connectivity index (χ1n) is 8.77. The van der Waals surface area contributed by atoms with Crippen molar-refractivity contribution in [1.29, 1.82) is 0 Å². The molecule has 1 aliphatic rings. The smallest absolute Gasteiger partial charge is 0.234 e. The summed E-state index contributed by atoms with van der Waals surface area (Å²) in [4.78, 5) is 14.6. The highest BCUT2D eigenvalue weighted by atomic mass is 16.2. The third kappa shape index (κ3) is 3.85. The summed E-state index contributed by atoms with van der Waals surface area (Å²) < 4.78 is 0. The standard InChI is InChI=1S/C21H26N2O/c1-16(17-9-4-3-5-10-17)22-21(24)15-23(2)20-14-8-12-18-11-6-7-13-19(18)20/h3-7,9-11,13,16,20H,8,12,14-15H2,1-2H3,(H,22,24)/t16-,20-/m1/s1. The van der Waals surface area contributed by atoms with E-state index in [9.17, 15) is 4.79 Å². The molecule has 0 unspecified atom stereocenters. The van der Waals surface area contributed by atoms with Gasteiger partial charge in [-0.2, -0.15) is 0 Å². The van der Waals surface area contributed by atoms with Crippen LogP contribution in [-0.4, -0.2) is 24.4 Å². The van der Waals surface area contributed by atoms with E-state index in [0.29, 0.717) is 12.6 Å². The molecule has 126 valence electrons. The summed E-state index contributed by atoms with van der Waals surface area (Å²) in [5.74, 6) is 0.0805. The Balaban J connectivity index is 1.61. The first-order valence-corrected chi connectivity index (χ1v) is 8.77. The van der Waals surface area contributed by atoms with Crippen molar-refractivity contribution in [2.75, 3.05) is 13.6 Å². The fraction of sp³-hybridized carbons (Fsp3) is 0.381. The third-order valence-corrected chi connectivity index (χ3v) is 4.94. The number of fused-ring (bicyclic) bond motifs is 1. The Labute approximate surface area is 144 Å². The van der Waals surface area contributed by atoms with Crippen molar-refractivity contribution in [1.82, 2.24) is 10.2 Å². The summed E-state index contributed by atoms with van der Waals surface area (Å²) in [6.07, 6.45) is 3.46. The monoisotopic (exact) mass is 322 g/mol. The number of likely N-dealkylation sites (N-methyl/N-ethyl adjacent to an activating group) is 1. The van der Waals surface area contributed by atoms with Gasteiger partial charge in [0.2, 0.25) is 5.91 Å². The number of amides is 1. The average Bonchev–Trinajstić information content (AvgIpc) is 2.61. The second kappa shape index (κ2) is 7.63. The molecule has 0 aliphatic heterocycles. The largest absolute Gasteiger partial charge is 0.348 e. The van der Waals surface area contributed by atoms with E-state index in [2.05, 4.69) is 41.5 Å². The minimum atomic E-state index is 0.0331. The maximum Gasteiger partial charge on any atom is 0.234 e.